The molecule has 0 saturated carbocycles. The first-order valence-electron chi connectivity index (χ1n) is 7.31. The number of hydrogen-bond donors (Lipinski definition) is 0. The summed E-state index contributed by atoms with van der Waals surface area (Å²) in [7, 11) is 0. The van der Waals surface area contributed by atoms with E-state index in [0.29, 0.717) is 0 Å². The standard InChI is InChI=1S/C18H16BrF3OS/c1-11(2)13-5-3-4-6-16(13)24-17-8-7-12(15(23)10-19)9-14(17)18(20,21)22/h3-9,11H,10H2,1-2H3. The van der Waals surface area contributed by atoms with E-state index in [4.69, 9.17) is 0 Å². The van der Waals surface area contributed by atoms with Crippen LogP contribution in [0.2, 0.25) is 0 Å². The molecule has 0 aliphatic carbocycles. The molecule has 0 unspecified atom stereocenters. The van der Waals surface area contributed by atoms with Gasteiger partial charge in [0.2, 0.25) is 0 Å². The lowest BCUT2D eigenvalue weighted by atomic mass is 10.0. The van der Waals surface area contributed by atoms with E-state index in [2.05, 4.69) is 15.9 Å². The van der Waals surface area contributed by atoms with Crippen molar-refractivity contribution >= 4 is 33.5 Å². The molecule has 0 aliphatic heterocycles. The Kier molecular flexibility index (Phi) is 6.15. The van der Waals surface area contributed by atoms with E-state index in [1.165, 1.54) is 12.1 Å². The third-order valence-electron chi connectivity index (χ3n) is 3.49. The van der Waals surface area contributed by atoms with Crippen molar-refractivity contribution in [3.63, 3.8) is 0 Å². The van der Waals surface area contributed by atoms with Crippen LogP contribution in [-0.4, -0.2) is 11.1 Å². The minimum atomic E-state index is -4.52. The second-order valence-electron chi connectivity index (χ2n) is 5.56. The third-order valence-corrected chi connectivity index (χ3v) is 5.17. The van der Waals surface area contributed by atoms with Gasteiger partial charge in [0.25, 0.3) is 0 Å². The van der Waals surface area contributed by atoms with Gasteiger partial charge in [0.15, 0.2) is 5.78 Å². The minimum absolute atomic E-state index is 0.00697. The van der Waals surface area contributed by atoms with Crippen LogP contribution in [0.3, 0.4) is 0 Å². The van der Waals surface area contributed by atoms with Crippen LogP contribution in [0.4, 0.5) is 13.2 Å². The van der Waals surface area contributed by atoms with Crippen LogP contribution >= 0.6 is 27.7 Å². The molecule has 128 valence electrons. The van der Waals surface area contributed by atoms with Crippen molar-refractivity contribution in [3.05, 3.63) is 59.2 Å². The van der Waals surface area contributed by atoms with Gasteiger partial charge in [0.1, 0.15) is 0 Å². The number of hydrogen-bond acceptors (Lipinski definition) is 2. The summed E-state index contributed by atoms with van der Waals surface area (Å²) in [6, 6.07) is 11.2. The van der Waals surface area contributed by atoms with Crippen molar-refractivity contribution in [2.75, 3.05) is 5.33 Å². The zero-order chi connectivity index (χ0) is 17.9. The number of Topliss-reactive ketones (excluding diaryl/α,β-unsaturated/α-hetero) is 1. The molecule has 0 spiro atoms. The van der Waals surface area contributed by atoms with Gasteiger partial charge in [0, 0.05) is 15.4 Å². The van der Waals surface area contributed by atoms with E-state index in [9.17, 15) is 18.0 Å². The van der Waals surface area contributed by atoms with Gasteiger partial charge in [-0.2, -0.15) is 13.2 Å². The second kappa shape index (κ2) is 7.74. The summed E-state index contributed by atoms with van der Waals surface area (Å²) in [6.07, 6.45) is -4.52. The Morgan fingerprint density at radius 3 is 2.38 bits per heavy atom. The molecule has 0 atom stereocenters. The maximum Gasteiger partial charge on any atom is 0.417 e. The Labute approximate surface area is 151 Å². The number of alkyl halides is 4. The van der Waals surface area contributed by atoms with E-state index in [0.717, 1.165) is 28.3 Å². The number of rotatable bonds is 5. The molecule has 0 bridgehead atoms. The molecule has 2 aromatic rings. The molecule has 0 amide bonds. The quantitative estimate of drug-likeness (QED) is 0.405. The van der Waals surface area contributed by atoms with Crippen LogP contribution in [0, 0.1) is 0 Å². The van der Waals surface area contributed by atoms with E-state index >= 15 is 0 Å². The molecule has 0 aromatic heterocycles. The Morgan fingerprint density at radius 2 is 1.79 bits per heavy atom. The minimum Gasteiger partial charge on any atom is -0.293 e. The maximum atomic E-state index is 13.4. The number of benzene rings is 2. The highest BCUT2D eigenvalue weighted by Gasteiger charge is 2.34. The average molecular weight is 417 g/mol. The molecule has 24 heavy (non-hydrogen) atoms. The lowest BCUT2D eigenvalue weighted by molar-refractivity contribution is -0.139. The fourth-order valence-corrected chi connectivity index (χ4v) is 3.81. The van der Waals surface area contributed by atoms with Gasteiger partial charge in [-0.15, -0.1) is 0 Å². The zero-order valence-electron chi connectivity index (χ0n) is 13.2. The summed E-state index contributed by atoms with van der Waals surface area (Å²) in [5.41, 5.74) is 0.273. The van der Waals surface area contributed by atoms with E-state index in [1.54, 1.807) is 0 Å². The summed E-state index contributed by atoms with van der Waals surface area (Å²) < 4.78 is 40.3. The molecule has 6 heteroatoms. The fraction of sp³-hybridized carbons (Fsp3) is 0.278. The van der Waals surface area contributed by atoms with Gasteiger partial charge >= 0.3 is 6.18 Å². The number of ketones is 1. The van der Waals surface area contributed by atoms with E-state index in [1.807, 2.05) is 38.1 Å². The summed E-state index contributed by atoms with van der Waals surface area (Å²) in [5.74, 6) is -0.170. The first-order chi connectivity index (χ1) is 11.2. The van der Waals surface area contributed by atoms with Crippen LogP contribution < -0.4 is 0 Å². The highest BCUT2D eigenvalue weighted by atomic mass is 79.9. The molecule has 0 saturated heterocycles. The Hall–Kier alpha value is -1.27. The van der Waals surface area contributed by atoms with Crippen LogP contribution in [0.1, 0.15) is 41.3 Å². The Morgan fingerprint density at radius 1 is 1.12 bits per heavy atom. The highest BCUT2D eigenvalue weighted by Crippen LogP contribution is 2.42. The molecular formula is C18H16BrF3OS. The van der Waals surface area contributed by atoms with Crippen LogP contribution in [0.25, 0.3) is 0 Å². The summed E-state index contributed by atoms with van der Waals surface area (Å²) in [5, 5.41) is -0.00697. The fourth-order valence-electron chi connectivity index (χ4n) is 2.26. The van der Waals surface area contributed by atoms with Crippen LogP contribution in [0.5, 0.6) is 0 Å². The average Bonchev–Trinajstić information content (AvgIpc) is 2.53. The lowest BCUT2D eigenvalue weighted by Crippen LogP contribution is -2.10. The van der Waals surface area contributed by atoms with Gasteiger partial charge in [-0.25, -0.2) is 0 Å². The molecule has 0 aliphatic rings. The Bertz CT molecular complexity index is 741. The predicted molar refractivity (Wildman–Crippen MR) is 94.2 cm³/mol. The van der Waals surface area contributed by atoms with Gasteiger partial charge < -0.3 is 0 Å². The number of carbonyl (C=O) groups is 1. The first-order valence-corrected chi connectivity index (χ1v) is 9.25. The van der Waals surface area contributed by atoms with E-state index in [-0.39, 0.29) is 27.5 Å². The molecule has 0 heterocycles. The van der Waals surface area contributed by atoms with Crippen molar-refractivity contribution in [1.29, 1.82) is 0 Å². The van der Waals surface area contributed by atoms with Crippen molar-refractivity contribution in [2.24, 2.45) is 0 Å². The normalized spacial score (nSPS) is 11.8. The molecule has 2 aromatic carbocycles. The first kappa shape index (κ1) is 19.1. The summed E-state index contributed by atoms with van der Waals surface area (Å²) >= 11 is 4.07. The third kappa shape index (κ3) is 4.42. The van der Waals surface area contributed by atoms with Gasteiger partial charge in [-0.3, -0.25) is 4.79 Å². The van der Waals surface area contributed by atoms with Crippen molar-refractivity contribution in [3.8, 4) is 0 Å². The molecule has 0 fully saturated rings. The predicted octanol–water partition coefficient (Wildman–Crippen LogP) is 6.56. The molecule has 2 rings (SSSR count). The smallest absolute Gasteiger partial charge is 0.293 e. The SMILES string of the molecule is CC(C)c1ccccc1Sc1ccc(C(=O)CBr)cc1C(F)(F)F. The summed E-state index contributed by atoms with van der Waals surface area (Å²) in [4.78, 5) is 12.6. The van der Waals surface area contributed by atoms with Gasteiger partial charge in [-0.1, -0.05) is 65.8 Å². The molecule has 1 nitrogen and oxygen atoms in total. The van der Waals surface area contributed by atoms with Crippen LogP contribution in [0.15, 0.2) is 52.3 Å². The molecular weight excluding hydrogens is 401 g/mol. The summed E-state index contributed by atoms with van der Waals surface area (Å²) in [6.45, 7) is 4.00. The van der Waals surface area contributed by atoms with Crippen molar-refractivity contribution < 1.29 is 18.0 Å². The monoisotopic (exact) mass is 416 g/mol. The number of carbonyl (C=O) groups excluding carboxylic acids is 1. The highest BCUT2D eigenvalue weighted by molar-refractivity contribution is 9.09. The molecule has 0 radical (unpaired) electrons. The van der Waals surface area contributed by atoms with Crippen molar-refractivity contribution in [2.45, 2.75) is 35.7 Å². The second-order valence-corrected chi connectivity index (χ2v) is 7.20. The molecule has 0 N–H and O–H groups in total. The van der Waals surface area contributed by atoms with Gasteiger partial charge in [0.05, 0.1) is 10.9 Å². The largest absolute Gasteiger partial charge is 0.417 e. The van der Waals surface area contributed by atoms with Gasteiger partial charge in [-0.05, 0) is 29.7 Å². The topological polar surface area (TPSA) is 17.1 Å². The van der Waals surface area contributed by atoms with Crippen LogP contribution in [-0.2, 0) is 6.18 Å². The van der Waals surface area contributed by atoms with E-state index < -0.39 is 11.7 Å². The van der Waals surface area contributed by atoms with Crippen molar-refractivity contribution in [1.82, 2.24) is 0 Å². The maximum absolute atomic E-state index is 13.4. The lowest BCUT2D eigenvalue weighted by Gasteiger charge is -2.16. The Balaban J connectivity index is 2.49. The zero-order valence-corrected chi connectivity index (χ0v) is 15.6. The number of halogens is 4.